The molecule has 170 valence electrons. The maximum Gasteiger partial charge on any atom is 0.419 e. The molecule has 1 N–H and O–H groups in total. The van der Waals surface area contributed by atoms with Gasteiger partial charge in [-0.3, -0.25) is 19.5 Å². The Labute approximate surface area is 186 Å². The molecule has 0 saturated carbocycles. The number of hydrogen-bond donors (Lipinski definition) is 1. The van der Waals surface area contributed by atoms with Gasteiger partial charge in [0.15, 0.2) is 5.58 Å². The molecule has 0 spiro atoms. The first-order chi connectivity index (χ1) is 15.2. The van der Waals surface area contributed by atoms with Crippen LogP contribution in [-0.2, 0) is 22.5 Å². The molecule has 32 heavy (non-hydrogen) atoms. The van der Waals surface area contributed by atoms with Gasteiger partial charge in [0.1, 0.15) is 5.00 Å². The number of carbonyl (C=O) groups is 2. The maximum atomic E-state index is 12.5. The van der Waals surface area contributed by atoms with Crippen LogP contribution in [0.3, 0.4) is 0 Å². The van der Waals surface area contributed by atoms with Crippen LogP contribution in [0.1, 0.15) is 42.6 Å². The van der Waals surface area contributed by atoms with Crippen LogP contribution in [0.25, 0.3) is 11.1 Å². The molecular weight excluding hydrogens is 438 g/mol. The number of ether oxygens (including phenoxy) is 1. The third-order valence-corrected chi connectivity index (χ3v) is 5.73. The zero-order valence-corrected chi connectivity index (χ0v) is 18.7. The second-order valence-electron chi connectivity index (χ2n) is 7.64. The predicted molar refractivity (Wildman–Crippen MR) is 119 cm³/mol. The van der Waals surface area contributed by atoms with Crippen molar-refractivity contribution >= 4 is 45.0 Å². The van der Waals surface area contributed by atoms with E-state index in [9.17, 15) is 24.5 Å². The van der Waals surface area contributed by atoms with Gasteiger partial charge in [-0.2, -0.15) is 0 Å². The van der Waals surface area contributed by atoms with Crippen LogP contribution in [0.2, 0.25) is 0 Å². The van der Waals surface area contributed by atoms with Crippen molar-refractivity contribution < 1.29 is 23.7 Å². The largest absolute Gasteiger partial charge is 0.465 e. The zero-order chi connectivity index (χ0) is 23.4. The number of oxazole rings is 1. The van der Waals surface area contributed by atoms with Gasteiger partial charge in [0.25, 0.3) is 5.69 Å². The van der Waals surface area contributed by atoms with Crippen molar-refractivity contribution in [3.63, 3.8) is 0 Å². The summed E-state index contributed by atoms with van der Waals surface area (Å²) in [6.45, 7) is 4.28. The number of anilines is 1. The average molecular weight is 461 g/mol. The number of fused-ring (bicyclic) bond motifs is 1. The van der Waals surface area contributed by atoms with Gasteiger partial charge >= 0.3 is 11.7 Å². The molecule has 0 saturated heterocycles. The van der Waals surface area contributed by atoms with E-state index in [1.165, 1.54) is 41.2 Å². The maximum absolute atomic E-state index is 12.5. The first-order valence-corrected chi connectivity index (χ1v) is 10.9. The molecule has 0 fully saturated rings. The molecule has 1 amide bonds. The summed E-state index contributed by atoms with van der Waals surface area (Å²) >= 11 is 1.27. The van der Waals surface area contributed by atoms with E-state index in [0.29, 0.717) is 34.8 Å². The smallest absolute Gasteiger partial charge is 0.419 e. The van der Waals surface area contributed by atoms with Gasteiger partial charge in [-0.1, -0.05) is 13.8 Å². The van der Waals surface area contributed by atoms with E-state index >= 15 is 0 Å². The number of rotatable bonds is 9. The van der Waals surface area contributed by atoms with E-state index in [0.717, 1.165) is 5.56 Å². The van der Waals surface area contributed by atoms with Gasteiger partial charge in [0.05, 0.1) is 29.2 Å². The summed E-state index contributed by atoms with van der Waals surface area (Å²) in [6.07, 6.45) is 1.12. The number of nitrogens with zero attached hydrogens (tertiary/aromatic N) is 2. The molecule has 1 aromatic carbocycles. The molecule has 0 aliphatic carbocycles. The molecule has 3 rings (SSSR count). The van der Waals surface area contributed by atoms with Crippen molar-refractivity contribution in [3.05, 3.63) is 55.4 Å². The number of aryl methyl sites for hydroxylation is 1. The highest BCUT2D eigenvalue weighted by molar-refractivity contribution is 7.15. The van der Waals surface area contributed by atoms with Gasteiger partial charge in [0.2, 0.25) is 5.91 Å². The number of amides is 1. The molecule has 10 nitrogen and oxygen atoms in total. The van der Waals surface area contributed by atoms with Crippen molar-refractivity contribution in [1.82, 2.24) is 4.57 Å². The Morgan fingerprint density at radius 2 is 2.09 bits per heavy atom. The third-order valence-electron chi connectivity index (χ3n) is 4.79. The van der Waals surface area contributed by atoms with Crippen LogP contribution in [0.4, 0.5) is 10.7 Å². The van der Waals surface area contributed by atoms with E-state index in [2.05, 4.69) is 5.32 Å². The lowest BCUT2D eigenvalue weighted by Crippen LogP contribution is -2.18. The SMILES string of the molecule is COC(=O)c1c(CC(C)C)csc1NC(=O)CCCn1c(=O)oc2cc([N+](=O)[O-])ccc21. The second-order valence-corrected chi connectivity index (χ2v) is 8.51. The standard InChI is InChI=1S/C21H23N3O7S/c1-12(2)9-13-11-32-19(18(13)20(26)30-3)22-17(25)5-4-8-23-15-7-6-14(24(28)29)10-16(15)31-21(23)27/h6-7,10-12H,4-5,8-9H2,1-3H3,(H,22,25). The average Bonchev–Trinajstić information content (AvgIpc) is 3.26. The van der Waals surface area contributed by atoms with Crippen molar-refractivity contribution in [2.24, 2.45) is 5.92 Å². The molecule has 2 aromatic heterocycles. The first-order valence-electron chi connectivity index (χ1n) is 9.97. The predicted octanol–water partition coefficient (Wildman–Crippen LogP) is 3.97. The van der Waals surface area contributed by atoms with Crippen LogP contribution in [-0.4, -0.2) is 28.5 Å². The van der Waals surface area contributed by atoms with Crippen LogP contribution >= 0.6 is 11.3 Å². The van der Waals surface area contributed by atoms with E-state index in [-0.39, 0.29) is 30.1 Å². The van der Waals surface area contributed by atoms with E-state index in [1.54, 1.807) is 0 Å². The topological polar surface area (TPSA) is 134 Å². The molecule has 3 aromatic rings. The highest BCUT2D eigenvalue weighted by atomic mass is 32.1. The molecule has 0 radical (unpaired) electrons. The summed E-state index contributed by atoms with van der Waals surface area (Å²) < 4.78 is 11.3. The minimum absolute atomic E-state index is 0.101. The van der Waals surface area contributed by atoms with E-state index in [1.807, 2.05) is 19.2 Å². The summed E-state index contributed by atoms with van der Waals surface area (Å²) in [7, 11) is 1.30. The Bertz CT molecular complexity index is 1220. The second kappa shape index (κ2) is 9.77. The highest BCUT2D eigenvalue weighted by Crippen LogP contribution is 2.31. The number of nitro groups is 1. The Balaban J connectivity index is 1.67. The fourth-order valence-corrected chi connectivity index (χ4v) is 4.35. The summed E-state index contributed by atoms with van der Waals surface area (Å²) in [5.41, 5.74) is 1.57. The minimum atomic E-state index is -0.648. The first kappa shape index (κ1) is 23.2. The number of thiophene rings is 1. The van der Waals surface area contributed by atoms with E-state index in [4.69, 9.17) is 9.15 Å². The number of hydrogen-bond acceptors (Lipinski definition) is 8. The molecule has 0 unspecified atom stereocenters. The number of aromatic nitrogens is 1. The molecule has 0 aliphatic rings. The van der Waals surface area contributed by atoms with Crippen LogP contribution < -0.4 is 11.1 Å². The normalized spacial score (nSPS) is 11.1. The van der Waals surface area contributed by atoms with E-state index < -0.39 is 16.6 Å². The fraction of sp³-hybridized carbons (Fsp3) is 0.381. The molecule has 0 aliphatic heterocycles. The van der Waals surface area contributed by atoms with Crippen molar-refractivity contribution in [1.29, 1.82) is 0 Å². The quantitative estimate of drug-likeness (QED) is 0.289. The number of esters is 1. The van der Waals surface area contributed by atoms with Crippen molar-refractivity contribution in [2.45, 2.75) is 39.7 Å². The Kier molecular flexibility index (Phi) is 7.08. The van der Waals surface area contributed by atoms with Gasteiger partial charge < -0.3 is 14.5 Å². The Hall–Kier alpha value is -3.47. The van der Waals surface area contributed by atoms with Crippen LogP contribution in [0.5, 0.6) is 0 Å². The molecular formula is C21H23N3O7S. The molecule has 0 atom stereocenters. The summed E-state index contributed by atoms with van der Waals surface area (Å²) in [4.78, 5) is 47.1. The number of nitro benzene ring substituents is 1. The molecule has 11 heteroatoms. The number of nitrogens with one attached hydrogen (secondary N) is 1. The summed E-state index contributed by atoms with van der Waals surface area (Å²) in [5, 5.41) is 15.9. The monoisotopic (exact) mass is 461 g/mol. The van der Waals surface area contributed by atoms with Gasteiger partial charge in [0, 0.05) is 19.0 Å². The number of carbonyl (C=O) groups excluding carboxylic acids is 2. The number of benzene rings is 1. The fourth-order valence-electron chi connectivity index (χ4n) is 3.37. The minimum Gasteiger partial charge on any atom is -0.465 e. The lowest BCUT2D eigenvalue weighted by Gasteiger charge is -2.09. The van der Waals surface area contributed by atoms with Gasteiger partial charge in [-0.05, 0) is 35.8 Å². The van der Waals surface area contributed by atoms with Gasteiger partial charge in [-0.25, -0.2) is 9.59 Å². The summed E-state index contributed by atoms with van der Waals surface area (Å²) in [6, 6.07) is 3.93. The number of non-ortho nitro benzene ring substituents is 1. The van der Waals surface area contributed by atoms with Crippen LogP contribution in [0.15, 0.2) is 32.8 Å². The summed E-state index contributed by atoms with van der Waals surface area (Å²) in [5.74, 6) is -1.11. The van der Waals surface area contributed by atoms with Crippen LogP contribution in [0, 0.1) is 16.0 Å². The Morgan fingerprint density at radius 1 is 1.34 bits per heavy atom. The van der Waals surface area contributed by atoms with Gasteiger partial charge in [-0.15, -0.1) is 11.3 Å². The zero-order valence-electron chi connectivity index (χ0n) is 17.9. The Morgan fingerprint density at radius 3 is 2.75 bits per heavy atom. The van der Waals surface area contributed by atoms with Crippen molar-refractivity contribution in [3.8, 4) is 0 Å². The number of methoxy groups -OCH3 is 1. The third kappa shape index (κ3) is 5.05. The lowest BCUT2D eigenvalue weighted by atomic mass is 10.0. The highest BCUT2D eigenvalue weighted by Gasteiger charge is 2.22. The molecule has 2 heterocycles. The molecule has 0 bridgehead atoms. The van der Waals surface area contributed by atoms with Crippen molar-refractivity contribution in [2.75, 3.05) is 12.4 Å². The lowest BCUT2D eigenvalue weighted by molar-refractivity contribution is -0.384.